The number of nitrogens with zero attached hydrogens (tertiary/aromatic N) is 1. The van der Waals surface area contributed by atoms with Crippen LogP contribution < -0.4 is 5.32 Å². The molecule has 4 nitrogen and oxygen atoms in total. The molecule has 1 aliphatic rings. The number of aliphatic carboxylic acids is 1. The number of carbonyl (C=O) groups is 1. The second-order valence-corrected chi connectivity index (χ2v) is 3.80. The average molecular weight is 200 g/mol. The summed E-state index contributed by atoms with van der Waals surface area (Å²) in [6.07, 6.45) is 4.03. The molecule has 0 amide bonds. The maximum Gasteiger partial charge on any atom is 0.304 e. The van der Waals surface area contributed by atoms with E-state index in [-0.39, 0.29) is 6.42 Å². The number of carboxylic acids is 1. The summed E-state index contributed by atoms with van der Waals surface area (Å²) in [5.74, 6) is -0.725. The van der Waals surface area contributed by atoms with Crippen molar-refractivity contribution in [3.63, 3.8) is 0 Å². The van der Waals surface area contributed by atoms with Gasteiger partial charge in [-0.1, -0.05) is 0 Å². The summed E-state index contributed by atoms with van der Waals surface area (Å²) < 4.78 is 0. The van der Waals surface area contributed by atoms with Crippen LogP contribution in [0, 0.1) is 0 Å². The second kappa shape index (κ2) is 6.79. The van der Waals surface area contributed by atoms with Crippen molar-refractivity contribution < 1.29 is 9.90 Å². The molecule has 2 N–H and O–H groups in total. The van der Waals surface area contributed by atoms with Crippen LogP contribution in [0.4, 0.5) is 0 Å². The summed E-state index contributed by atoms with van der Waals surface area (Å²) in [5.41, 5.74) is 0. The Hall–Kier alpha value is -0.610. The summed E-state index contributed by atoms with van der Waals surface area (Å²) in [6.45, 7) is 5.17. The van der Waals surface area contributed by atoms with Crippen molar-refractivity contribution in [3.8, 4) is 0 Å². The molecule has 1 saturated heterocycles. The van der Waals surface area contributed by atoms with Gasteiger partial charge in [-0.05, 0) is 45.4 Å². The van der Waals surface area contributed by atoms with Crippen LogP contribution in [0.25, 0.3) is 0 Å². The van der Waals surface area contributed by atoms with Gasteiger partial charge in [0.05, 0.1) is 6.42 Å². The summed E-state index contributed by atoms with van der Waals surface area (Å²) in [4.78, 5) is 12.7. The van der Waals surface area contributed by atoms with E-state index in [2.05, 4.69) is 10.2 Å². The molecule has 1 heterocycles. The van der Waals surface area contributed by atoms with Gasteiger partial charge in [0.1, 0.15) is 0 Å². The Labute approximate surface area is 85.3 Å². The van der Waals surface area contributed by atoms with Crippen LogP contribution in [0.5, 0.6) is 0 Å². The smallest absolute Gasteiger partial charge is 0.304 e. The summed E-state index contributed by atoms with van der Waals surface area (Å²) in [5, 5.41) is 11.5. The standard InChI is InChI=1S/C10H20N2O2/c13-10(14)4-6-11-5-3-9-12-7-1-2-8-12/h11H,1-9H2,(H,13,14). The summed E-state index contributed by atoms with van der Waals surface area (Å²) in [6, 6.07) is 0. The topological polar surface area (TPSA) is 52.6 Å². The van der Waals surface area contributed by atoms with Gasteiger partial charge in [0.2, 0.25) is 0 Å². The lowest BCUT2D eigenvalue weighted by Crippen LogP contribution is -2.25. The van der Waals surface area contributed by atoms with Gasteiger partial charge in [0.25, 0.3) is 0 Å². The average Bonchev–Trinajstić information content (AvgIpc) is 2.63. The predicted octanol–water partition coefficient (Wildman–Crippen LogP) is 0.537. The molecule has 0 spiro atoms. The fraction of sp³-hybridized carbons (Fsp3) is 0.900. The van der Waals surface area contributed by atoms with Gasteiger partial charge in [-0.15, -0.1) is 0 Å². The molecule has 1 fully saturated rings. The third-order valence-electron chi connectivity index (χ3n) is 2.54. The monoisotopic (exact) mass is 200 g/mol. The molecule has 0 bridgehead atoms. The highest BCUT2D eigenvalue weighted by molar-refractivity contribution is 5.66. The van der Waals surface area contributed by atoms with Crippen LogP contribution in [-0.2, 0) is 4.79 Å². The first-order valence-corrected chi connectivity index (χ1v) is 5.44. The lowest BCUT2D eigenvalue weighted by molar-refractivity contribution is -0.136. The second-order valence-electron chi connectivity index (χ2n) is 3.80. The number of rotatable bonds is 7. The number of nitrogens with one attached hydrogen (secondary N) is 1. The largest absolute Gasteiger partial charge is 0.481 e. The van der Waals surface area contributed by atoms with Crippen molar-refractivity contribution in [2.45, 2.75) is 25.7 Å². The molecule has 0 aromatic rings. The van der Waals surface area contributed by atoms with Crippen LogP contribution in [0.1, 0.15) is 25.7 Å². The van der Waals surface area contributed by atoms with Gasteiger partial charge >= 0.3 is 5.97 Å². The van der Waals surface area contributed by atoms with Crippen molar-refractivity contribution in [3.05, 3.63) is 0 Å². The Morgan fingerprint density at radius 3 is 2.64 bits per heavy atom. The fourth-order valence-corrected chi connectivity index (χ4v) is 1.75. The molecule has 0 saturated carbocycles. The lowest BCUT2D eigenvalue weighted by Gasteiger charge is -2.13. The molecule has 0 aromatic carbocycles. The van der Waals surface area contributed by atoms with E-state index in [9.17, 15) is 4.79 Å². The number of hydrogen-bond acceptors (Lipinski definition) is 3. The van der Waals surface area contributed by atoms with E-state index < -0.39 is 5.97 Å². The van der Waals surface area contributed by atoms with Gasteiger partial charge in [-0.2, -0.15) is 0 Å². The molecule has 4 heteroatoms. The van der Waals surface area contributed by atoms with E-state index in [0.29, 0.717) is 6.54 Å². The zero-order valence-electron chi connectivity index (χ0n) is 8.67. The Bertz CT molecular complexity index is 168. The van der Waals surface area contributed by atoms with Crippen molar-refractivity contribution >= 4 is 5.97 Å². The van der Waals surface area contributed by atoms with Gasteiger partial charge in [-0.3, -0.25) is 4.79 Å². The van der Waals surface area contributed by atoms with Gasteiger partial charge in [-0.25, -0.2) is 0 Å². The van der Waals surface area contributed by atoms with Crippen LogP contribution in [0.2, 0.25) is 0 Å². The SMILES string of the molecule is O=C(O)CCNCCCN1CCCC1. The molecule has 0 aromatic heterocycles. The first-order chi connectivity index (χ1) is 6.79. The highest BCUT2D eigenvalue weighted by Crippen LogP contribution is 2.06. The maximum atomic E-state index is 10.2. The molecule has 0 unspecified atom stereocenters. The van der Waals surface area contributed by atoms with Gasteiger partial charge in [0.15, 0.2) is 0 Å². The third kappa shape index (κ3) is 5.19. The highest BCUT2D eigenvalue weighted by atomic mass is 16.4. The van der Waals surface area contributed by atoms with Crippen LogP contribution in [-0.4, -0.2) is 48.7 Å². The summed E-state index contributed by atoms with van der Waals surface area (Å²) >= 11 is 0. The first kappa shape index (κ1) is 11.5. The van der Waals surface area contributed by atoms with E-state index >= 15 is 0 Å². The number of likely N-dealkylation sites (tertiary alicyclic amines) is 1. The first-order valence-electron chi connectivity index (χ1n) is 5.44. The van der Waals surface area contributed by atoms with E-state index in [1.165, 1.54) is 25.9 Å². The number of carboxylic acid groups (broad SMARTS) is 1. The lowest BCUT2D eigenvalue weighted by atomic mass is 10.3. The van der Waals surface area contributed by atoms with E-state index in [4.69, 9.17) is 5.11 Å². The van der Waals surface area contributed by atoms with Gasteiger partial charge in [0, 0.05) is 6.54 Å². The Balaban J connectivity index is 1.82. The molecular weight excluding hydrogens is 180 g/mol. The van der Waals surface area contributed by atoms with Crippen molar-refractivity contribution in [2.75, 3.05) is 32.7 Å². The molecule has 1 aliphatic heterocycles. The Morgan fingerprint density at radius 2 is 2.00 bits per heavy atom. The predicted molar refractivity (Wildman–Crippen MR) is 55.4 cm³/mol. The molecule has 0 aliphatic carbocycles. The molecule has 14 heavy (non-hydrogen) atoms. The summed E-state index contributed by atoms with van der Waals surface area (Å²) in [7, 11) is 0. The minimum absolute atomic E-state index is 0.226. The van der Waals surface area contributed by atoms with Crippen molar-refractivity contribution in [1.29, 1.82) is 0 Å². The fourth-order valence-electron chi connectivity index (χ4n) is 1.75. The van der Waals surface area contributed by atoms with Gasteiger partial charge < -0.3 is 15.3 Å². The van der Waals surface area contributed by atoms with Crippen molar-refractivity contribution in [2.24, 2.45) is 0 Å². The van der Waals surface area contributed by atoms with Crippen LogP contribution >= 0.6 is 0 Å². The minimum atomic E-state index is -0.725. The molecular formula is C10H20N2O2. The van der Waals surface area contributed by atoms with E-state index in [1.807, 2.05) is 0 Å². The zero-order valence-corrected chi connectivity index (χ0v) is 8.67. The highest BCUT2D eigenvalue weighted by Gasteiger charge is 2.09. The molecule has 82 valence electrons. The zero-order chi connectivity index (χ0) is 10.2. The number of hydrogen-bond donors (Lipinski definition) is 2. The normalized spacial score (nSPS) is 17.4. The van der Waals surface area contributed by atoms with Crippen molar-refractivity contribution in [1.82, 2.24) is 10.2 Å². The molecule has 1 rings (SSSR count). The minimum Gasteiger partial charge on any atom is -0.481 e. The van der Waals surface area contributed by atoms with E-state index in [1.54, 1.807) is 0 Å². The maximum absolute atomic E-state index is 10.2. The molecule has 0 atom stereocenters. The van der Waals surface area contributed by atoms with Crippen LogP contribution in [0.15, 0.2) is 0 Å². The Morgan fingerprint density at radius 1 is 1.29 bits per heavy atom. The molecule has 0 radical (unpaired) electrons. The van der Waals surface area contributed by atoms with Crippen LogP contribution in [0.3, 0.4) is 0 Å². The quantitative estimate of drug-likeness (QED) is 0.589. The van der Waals surface area contributed by atoms with E-state index in [0.717, 1.165) is 19.5 Å². The third-order valence-corrected chi connectivity index (χ3v) is 2.54. The Kier molecular flexibility index (Phi) is 5.56.